The summed E-state index contributed by atoms with van der Waals surface area (Å²) in [6, 6.07) is 10.5. The highest BCUT2D eigenvalue weighted by molar-refractivity contribution is 7.08. The minimum absolute atomic E-state index is 0.201. The fourth-order valence-corrected chi connectivity index (χ4v) is 3.95. The Balaban J connectivity index is 1.58. The zero-order valence-electron chi connectivity index (χ0n) is 12.9. The Hall–Kier alpha value is -1.61. The Bertz CT molecular complexity index is 600. The summed E-state index contributed by atoms with van der Waals surface area (Å²) in [4.78, 5) is 12.2. The lowest BCUT2D eigenvalue weighted by atomic mass is 9.87. The predicted molar refractivity (Wildman–Crippen MR) is 92.8 cm³/mol. The van der Waals surface area contributed by atoms with Crippen molar-refractivity contribution in [2.24, 2.45) is 5.92 Å². The zero-order chi connectivity index (χ0) is 15.2. The van der Waals surface area contributed by atoms with Gasteiger partial charge in [0.2, 0.25) is 5.91 Å². The first-order valence-corrected chi connectivity index (χ1v) is 9.14. The van der Waals surface area contributed by atoms with Crippen LogP contribution in [0.5, 0.6) is 0 Å². The van der Waals surface area contributed by atoms with E-state index in [-0.39, 0.29) is 5.91 Å². The van der Waals surface area contributed by atoms with Crippen LogP contribution < -0.4 is 5.32 Å². The predicted octanol–water partition coefficient (Wildman–Crippen LogP) is 5.00. The van der Waals surface area contributed by atoms with Gasteiger partial charge in [-0.3, -0.25) is 4.79 Å². The van der Waals surface area contributed by atoms with E-state index in [0.717, 1.165) is 0 Å². The Morgan fingerprint density at radius 3 is 2.73 bits per heavy atom. The highest BCUT2D eigenvalue weighted by Crippen LogP contribution is 2.27. The summed E-state index contributed by atoms with van der Waals surface area (Å²) in [5.41, 5.74) is 3.65. The summed E-state index contributed by atoms with van der Waals surface area (Å²) in [5.74, 6) is 0.799. The molecule has 1 aliphatic carbocycles. The summed E-state index contributed by atoms with van der Waals surface area (Å²) in [6.45, 7) is 0.623. The van der Waals surface area contributed by atoms with Crippen LogP contribution in [-0.2, 0) is 11.3 Å². The molecule has 0 bridgehead atoms. The molecule has 1 N–H and O–H groups in total. The number of carbonyl (C=O) groups excluding carboxylic acids is 1. The Morgan fingerprint density at radius 2 is 1.95 bits per heavy atom. The molecule has 0 aliphatic heterocycles. The molecule has 1 aromatic heterocycles. The van der Waals surface area contributed by atoms with Crippen molar-refractivity contribution in [3.63, 3.8) is 0 Å². The normalized spacial score (nSPS) is 15.6. The molecule has 1 amide bonds. The van der Waals surface area contributed by atoms with Gasteiger partial charge >= 0.3 is 0 Å². The molecule has 0 unspecified atom stereocenters. The van der Waals surface area contributed by atoms with Crippen LogP contribution in [-0.4, -0.2) is 5.91 Å². The molecular formula is C19H23NOS. The van der Waals surface area contributed by atoms with Crippen molar-refractivity contribution in [1.29, 1.82) is 0 Å². The van der Waals surface area contributed by atoms with Crippen LogP contribution in [0.15, 0.2) is 41.1 Å². The molecule has 3 heteroatoms. The summed E-state index contributed by atoms with van der Waals surface area (Å²) in [5, 5.41) is 7.36. The number of hydrogen-bond donors (Lipinski definition) is 1. The zero-order valence-corrected chi connectivity index (χ0v) is 13.7. The van der Waals surface area contributed by atoms with Gasteiger partial charge in [0.1, 0.15) is 0 Å². The van der Waals surface area contributed by atoms with E-state index in [1.165, 1.54) is 48.8 Å². The van der Waals surface area contributed by atoms with E-state index in [4.69, 9.17) is 0 Å². The topological polar surface area (TPSA) is 29.1 Å². The lowest BCUT2D eigenvalue weighted by Gasteiger charge is -2.21. The second-order valence-electron chi connectivity index (χ2n) is 6.15. The van der Waals surface area contributed by atoms with E-state index >= 15 is 0 Å². The first-order valence-electron chi connectivity index (χ1n) is 8.20. The number of carbonyl (C=O) groups is 1. The Kier molecular flexibility index (Phi) is 5.28. The van der Waals surface area contributed by atoms with Crippen molar-refractivity contribution in [2.45, 2.75) is 45.1 Å². The number of amides is 1. The third-order valence-electron chi connectivity index (χ3n) is 4.52. The van der Waals surface area contributed by atoms with Crippen LogP contribution >= 0.6 is 11.3 Å². The van der Waals surface area contributed by atoms with Crippen LogP contribution in [0.3, 0.4) is 0 Å². The van der Waals surface area contributed by atoms with Gasteiger partial charge in [-0.15, -0.1) is 0 Å². The van der Waals surface area contributed by atoms with Crippen molar-refractivity contribution < 1.29 is 4.79 Å². The van der Waals surface area contributed by atoms with Crippen LogP contribution in [0.2, 0.25) is 0 Å². The van der Waals surface area contributed by atoms with E-state index in [1.807, 2.05) is 6.07 Å². The fraction of sp³-hybridized carbons (Fsp3) is 0.421. The standard InChI is InChI=1S/C19H23NOS/c21-19(12-15-6-2-1-3-7-15)20-13-16-8-4-5-9-18(16)17-10-11-22-14-17/h4-5,8-11,14-15H,1-3,6-7,12-13H2,(H,20,21). The first kappa shape index (κ1) is 15.3. The smallest absolute Gasteiger partial charge is 0.220 e. The number of nitrogens with one attached hydrogen (secondary N) is 1. The van der Waals surface area contributed by atoms with E-state index in [2.05, 4.69) is 40.3 Å². The van der Waals surface area contributed by atoms with Gasteiger partial charge in [-0.05, 0) is 52.3 Å². The van der Waals surface area contributed by atoms with E-state index in [9.17, 15) is 4.79 Å². The molecule has 0 spiro atoms. The minimum atomic E-state index is 0.201. The summed E-state index contributed by atoms with van der Waals surface area (Å²) in [6.07, 6.45) is 7.06. The van der Waals surface area contributed by atoms with Gasteiger partial charge in [0.15, 0.2) is 0 Å². The molecule has 0 atom stereocenters. The molecular weight excluding hydrogens is 290 g/mol. The number of thiophene rings is 1. The maximum atomic E-state index is 12.2. The average Bonchev–Trinajstić information content (AvgIpc) is 3.08. The minimum Gasteiger partial charge on any atom is -0.352 e. The van der Waals surface area contributed by atoms with Gasteiger partial charge < -0.3 is 5.32 Å². The molecule has 1 fully saturated rings. The molecule has 22 heavy (non-hydrogen) atoms. The van der Waals surface area contributed by atoms with Crippen molar-refractivity contribution >= 4 is 17.2 Å². The molecule has 116 valence electrons. The van der Waals surface area contributed by atoms with Gasteiger partial charge in [0, 0.05) is 13.0 Å². The third kappa shape index (κ3) is 3.98. The molecule has 1 saturated carbocycles. The molecule has 3 rings (SSSR count). The van der Waals surface area contributed by atoms with Gasteiger partial charge in [-0.1, -0.05) is 43.5 Å². The van der Waals surface area contributed by atoms with Crippen molar-refractivity contribution in [1.82, 2.24) is 5.32 Å². The highest BCUT2D eigenvalue weighted by atomic mass is 32.1. The number of benzene rings is 1. The van der Waals surface area contributed by atoms with Gasteiger partial charge in [-0.25, -0.2) is 0 Å². The van der Waals surface area contributed by atoms with E-state index in [0.29, 0.717) is 18.9 Å². The molecule has 2 aromatic rings. The maximum Gasteiger partial charge on any atom is 0.220 e. The molecule has 2 nitrogen and oxygen atoms in total. The highest BCUT2D eigenvalue weighted by Gasteiger charge is 2.17. The fourth-order valence-electron chi connectivity index (χ4n) is 3.29. The van der Waals surface area contributed by atoms with Crippen molar-refractivity contribution in [3.8, 4) is 11.1 Å². The van der Waals surface area contributed by atoms with Crippen LogP contribution in [0.1, 0.15) is 44.1 Å². The maximum absolute atomic E-state index is 12.2. The monoisotopic (exact) mass is 313 g/mol. The van der Waals surface area contributed by atoms with Crippen LogP contribution in [0.25, 0.3) is 11.1 Å². The summed E-state index contributed by atoms with van der Waals surface area (Å²) < 4.78 is 0. The molecule has 1 heterocycles. The Morgan fingerprint density at radius 1 is 1.14 bits per heavy atom. The second-order valence-corrected chi connectivity index (χ2v) is 6.93. The van der Waals surface area contributed by atoms with Crippen molar-refractivity contribution in [2.75, 3.05) is 0 Å². The molecule has 1 aliphatic rings. The van der Waals surface area contributed by atoms with E-state index < -0.39 is 0 Å². The second kappa shape index (κ2) is 7.59. The third-order valence-corrected chi connectivity index (χ3v) is 5.21. The van der Waals surface area contributed by atoms with Gasteiger partial charge in [0.25, 0.3) is 0 Å². The molecule has 0 radical (unpaired) electrons. The van der Waals surface area contributed by atoms with Gasteiger partial charge in [0.05, 0.1) is 0 Å². The number of hydrogen-bond acceptors (Lipinski definition) is 2. The molecule has 1 aromatic carbocycles. The lowest BCUT2D eigenvalue weighted by Crippen LogP contribution is -2.26. The van der Waals surface area contributed by atoms with E-state index in [1.54, 1.807) is 11.3 Å². The quantitative estimate of drug-likeness (QED) is 0.826. The average molecular weight is 313 g/mol. The van der Waals surface area contributed by atoms with Crippen LogP contribution in [0.4, 0.5) is 0 Å². The molecule has 0 saturated heterocycles. The van der Waals surface area contributed by atoms with Gasteiger partial charge in [-0.2, -0.15) is 11.3 Å². The first-order chi connectivity index (χ1) is 10.8. The summed E-state index contributed by atoms with van der Waals surface area (Å²) in [7, 11) is 0. The van der Waals surface area contributed by atoms with Crippen molar-refractivity contribution in [3.05, 3.63) is 46.7 Å². The largest absolute Gasteiger partial charge is 0.352 e. The summed E-state index contributed by atoms with van der Waals surface area (Å²) >= 11 is 1.70. The lowest BCUT2D eigenvalue weighted by molar-refractivity contribution is -0.122. The SMILES string of the molecule is O=C(CC1CCCCC1)NCc1ccccc1-c1ccsc1. The Labute approximate surface area is 136 Å². The van der Waals surface area contributed by atoms with Crippen LogP contribution in [0, 0.1) is 5.92 Å². The number of rotatable bonds is 5.